The third kappa shape index (κ3) is 15.4. The predicted octanol–water partition coefficient (Wildman–Crippen LogP) is 7.81. The number of nitro benzene ring substituents is 1. The van der Waals surface area contributed by atoms with Gasteiger partial charge < -0.3 is 48.9 Å². The van der Waals surface area contributed by atoms with E-state index in [2.05, 4.69) is 46.5 Å². The zero-order valence-electron chi connectivity index (χ0n) is 49.5. The normalized spacial score (nSPS) is 16.4. The van der Waals surface area contributed by atoms with Crippen molar-refractivity contribution in [2.45, 2.75) is 43.2 Å². The number of pyridine rings is 1. The molecule has 4 aliphatic heterocycles. The van der Waals surface area contributed by atoms with Gasteiger partial charge in [0, 0.05) is 111 Å². The summed E-state index contributed by atoms with van der Waals surface area (Å²) in [6, 6.07) is 29.4. The summed E-state index contributed by atoms with van der Waals surface area (Å²) in [7, 11) is -4.63. The molecule has 7 aromatic rings. The smallest absolute Gasteiger partial charge is 0.293 e. The van der Waals surface area contributed by atoms with Crippen LogP contribution in [0.4, 0.5) is 22.7 Å². The molecule has 4 aliphatic rings. The fourth-order valence-corrected chi connectivity index (χ4v) is 12.4. The van der Waals surface area contributed by atoms with E-state index >= 15 is 0 Å². The quantitative estimate of drug-likeness (QED) is 0.0135. The standard InChI is InChI=1S/C64H67ClN10O15S/c65-44-9-7-42(8-10-44)48-3-2-6-56(89-34-33-88-32-31-87-30-29-86-28-21-66-53-5-1-4-50-59(53)64(80)74(63(50)79)54-15-16-58(76)70-62(54)78)51(48)40-72-22-24-73(25-23-72)45-11-13-49(57(36-45)90-46-35-43-17-20-67-60(43)69-39-46)61(77)71-91(83,84)47-12-14-52(55(37-47)75(81)82)68-38-41-18-26-85-27-19-41/h1-14,17,20,35-37,39,41,54,66,68H,15-16,18-19,21-34,38,40H2,(H,67,69)(H,71,77)(H,70,76,78). The van der Waals surface area contributed by atoms with Gasteiger partial charge in [0.1, 0.15) is 41.2 Å². The second kappa shape index (κ2) is 29.3. The summed E-state index contributed by atoms with van der Waals surface area (Å²) in [5, 5.41) is 22.0. The first-order chi connectivity index (χ1) is 44.2. The second-order valence-corrected chi connectivity index (χ2v) is 24.1. The molecule has 0 aliphatic carbocycles. The Bertz CT molecular complexity index is 3950. The molecule has 1 unspecified atom stereocenters. The van der Waals surface area contributed by atoms with E-state index in [-0.39, 0.29) is 60.1 Å². The number of aromatic amines is 1. The Balaban J connectivity index is 0.668. The number of hydrogen-bond acceptors (Lipinski definition) is 20. The molecule has 5 amide bonds. The zero-order chi connectivity index (χ0) is 63.4. The minimum atomic E-state index is -4.63. The number of hydrogen-bond donors (Lipinski definition) is 5. The molecule has 3 fully saturated rings. The molecule has 0 radical (unpaired) electrons. The maximum absolute atomic E-state index is 14.1. The van der Waals surface area contributed by atoms with E-state index in [0.717, 1.165) is 51.6 Å². The number of carbonyl (C=O) groups is 5. The van der Waals surface area contributed by atoms with Crippen molar-refractivity contribution in [2.75, 3.05) is 114 Å². The lowest BCUT2D eigenvalue weighted by molar-refractivity contribution is -0.384. The highest BCUT2D eigenvalue weighted by molar-refractivity contribution is 7.90. The number of ether oxygens (including phenoxy) is 6. The van der Waals surface area contributed by atoms with Crippen molar-refractivity contribution >= 4 is 84.9 Å². The molecule has 1 atom stereocenters. The summed E-state index contributed by atoms with van der Waals surface area (Å²) in [5.41, 5.74) is 4.69. The molecule has 5 aromatic carbocycles. The molecule has 27 heteroatoms. The van der Waals surface area contributed by atoms with Gasteiger partial charge in [-0.1, -0.05) is 41.9 Å². The number of H-pyrrole nitrogens is 1. The maximum Gasteiger partial charge on any atom is 0.293 e. The predicted molar refractivity (Wildman–Crippen MR) is 336 cm³/mol. The van der Waals surface area contributed by atoms with E-state index in [1.807, 2.05) is 42.5 Å². The number of anilines is 3. The van der Waals surface area contributed by atoms with E-state index < -0.39 is 61.1 Å². The molecule has 0 bridgehead atoms. The Morgan fingerprint density at radius 2 is 1.51 bits per heavy atom. The van der Waals surface area contributed by atoms with Crippen LogP contribution in [0.5, 0.6) is 17.2 Å². The van der Waals surface area contributed by atoms with Crippen molar-refractivity contribution in [3.63, 3.8) is 0 Å². The number of aromatic nitrogens is 2. The Morgan fingerprint density at radius 1 is 0.769 bits per heavy atom. The number of piperazine rings is 1. The number of nitrogens with one attached hydrogen (secondary N) is 5. The fraction of sp³-hybridized carbons (Fsp3) is 0.344. The molecule has 6 heterocycles. The van der Waals surface area contributed by atoms with Crippen molar-refractivity contribution in [1.82, 2.24) is 29.8 Å². The summed E-state index contributed by atoms with van der Waals surface area (Å²) in [6.07, 6.45) is 4.92. The number of piperidine rings is 1. The third-order valence-corrected chi connectivity index (χ3v) is 17.7. The Kier molecular flexibility index (Phi) is 20.5. The Labute approximate surface area is 528 Å². The van der Waals surface area contributed by atoms with Crippen LogP contribution in [0.25, 0.3) is 22.2 Å². The van der Waals surface area contributed by atoms with Gasteiger partial charge in [-0.05, 0) is 103 Å². The number of sulfonamides is 1. The fourth-order valence-electron chi connectivity index (χ4n) is 11.3. The topological polar surface area (TPSA) is 305 Å². The number of rotatable bonds is 28. The first kappa shape index (κ1) is 63.5. The van der Waals surface area contributed by atoms with Crippen LogP contribution in [0.15, 0.2) is 126 Å². The molecule has 91 heavy (non-hydrogen) atoms. The molecule has 3 saturated heterocycles. The van der Waals surface area contributed by atoms with Crippen LogP contribution in [0.1, 0.15) is 62.3 Å². The van der Waals surface area contributed by atoms with Gasteiger partial charge in [0.15, 0.2) is 0 Å². The molecular weight excluding hydrogens is 1220 g/mol. The van der Waals surface area contributed by atoms with Crippen LogP contribution >= 0.6 is 11.6 Å². The third-order valence-electron chi connectivity index (χ3n) is 16.1. The Morgan fingerprint density at radius 3 is 2.26 bits per heavy atom. The van der Waals surface area contributed by atoms with Crippen LogP contribution in [0.3, 0.4) is 0 Å². The molecule has 11 rings (SSSR count). The van der Waals surface area contributed by atoms with Crippen molar-refractivity contribution in [1.29, 1.82) is 0 Å². The van der Waals surface area contributed by atoms with Crippen LogP contribution in [-0.2, 0) is 45.1 Å². The molecular formula is C64H67ClN10O15S. The number of nitro groups is 1. The number of nitrogens with zero attached hydrogens (tertiary/aromatic N) is 5. The first-order valence-electron chi connectivity index (χ1n) is 29.9. The van der Waals surface area contributed by atoms with Gasteiger partial charge in [-0.3, -0.25) is 49.2 Å². The molecule has 0 spiro atoms. The van der Waals surface area contributed by atoms with Gasteiger partial charge in [0.2, 0.25) is 11.8 Å². The van der Waals surface area contributed by atoms with Gasteiger partial charge in [0.05, 0.1) is 72.3 Å². The van der Waals surface area contributed by atoms with Crippen molar-refractivity contribution in [3.05, 3.63) is 159 Å². The lowest BCUT2D eigenvalue weighted by atomic mass is 9.98. The number of benzene rings is 5. The van der Waals surface area contributed by atoms with E-state index in [1.165, 1.54) is 30.5 Å². The van der Waals surface area contributed by atoms with Crippen molar-refractivity contribution in [3.8, 4) is 28.4 Å². The Hall–Kier alpha value is -9.02. The summed E-state index contributed by atoms with van der Waals surface area (Å²) in [4.78, 5) is 88.8. The number of halogens is 1. The minimum Gasteiger partial charge on any atom is -0.491 e. The summed E-state index contributed by atoms with van der Waals surface area (Å²) in [6.45, 7) is 7.05. The zero-order valence-corrected chi connectivity index (χ0v) is 51.1. The summed E-state index contributed by atoms with van der Waals surface area (Å²) < 4.78 is 65.3. The van der Waals surface area contributed by atoms with Crippen molar-refractivity contribution < 1.29 is 65.7 Å². The molecule has 0 saturated carbocycles. The monoisotopic (exact) mass is 1280 g/mol. The average Bonchev–Trinajstić information content (AvgIpc) is 1.67. The summed E-state index contributed by atoms with van der Waals surface area (Å²) >= 11 is 6.33. The van der Waals surface area contributed by atoms with E-state index in [1.54, 1.807) is 36.5 Å². The number of amides is 5. The highest BCUT2D eigenvalue weighted by Gasteiger charge is 2.45. The van der Waals surface area contributed by atoms with E-state index in [9.17, 15) is 42.5 Å². The average molecular weight is 1280 g/mol. The van der Waals surface area contributed by atoms with E-state index in [0.29, 0.717) is 120 Å². The van der Waals surface area contributed by atoms with Gasteiger partial charge >= 0.3 is 0 Å². The van der Waals surface area contributed by atoms with Gasteiger partial charge in [-0.2, -0.15) is 0 Å². The van der Waals surface area contributed by atoms with Crippen LogP contribution in [0, 0.1) is 16.0 Å². The number of imide groups is 2. The highest BCUT2D eigenvalue weighted by Crippen LogP contribution is 2.37. The number of fused-ring (bicyclic) bond motifs is 2. The van der Waals surface area contributed by atoms with Gasteiger partial charge in [0.25, 0.3) is 33.4 Å². The van der Waals surface area contributed by atoms with Crippen LogP contribution in [0.2, 0.25) is 5.02 Å². The SMILES string of the molecule is O=C1CCC(N2C(=O)c3cccc(NCCOCCOCCOCCOc4cccc(-c5ccc(Cl)cc5)c4CN4CCN(c5ccc(C(=O)NS(=O)(=O)c6ccc(NCC7CCOCC7)c([N+](=O)[O-])c6)c(Oc6cnc7[nH]ccc7c6)c5)CC4)c3C2=O)C(=O)N1. The van der Waals surface area contributed by atoms with Crippen LogP contribution in [-0.4, -0.2) is 167 Å². The highest BCUT2D eigenvalue weighted by atomic mass is 35.5. The van der Waals surface area contributed by atoms with Crippen molar-refractivity contribution in [2.24, 2.45) is 5.92 Å². The van der Waals surface area contributed by atoms with Crippen LogP contribution < -0.4 is 35.0 Å². The molecule has 476 valence electrons. The summed E-state index contributed by atoms with van der Waals surface area (Å²) in [5.74, 6) is -1.99. The van der Waals surface area contributed by atoms with Gasteiger partial charge in [-0.25, -0.2) is 18.1 Å². The van der Waals surface area contributed by atoms with Gasteiger partial charge in [-0.15, -0.1) is 0 Å². The first-order valence-corrected chi connectivity index (χ1v) is 31.8. The minimum absolute atomic E-state index is 0.0350. The molecule has 25 nitrogen and oxygen atoms in total. The largest absolute Gasteiger partial charge is 0.491 e. The lowest BCUT2D eigenvalue weighted by Crippen LogP contribution is -2.54. The molecule has 5 N–H and O–H groups in total. The number of carbonyl (C=O) groups excluding carboxylic acids is 5. The second-order valence-electron chi connectivity index (χ2n) is 22.0. The van der Waals surface area contributed by atoms with E-state index in [4.69, 9.17) is 40.0 Å². The molecule has 2 aromatic heterocycles. The maximum atomic E-state index is 14.1. The lowest BCUT2D eigenvalue weighted by Gasteiger charge is -2.37.